The number of primary amides is 1. The Morgan fingerprint density at radius 2 is 1.47 bits per heavy atom. The molecule has 43 heavy (non-hydrogen) atoms. The average Bonchev–Trinajstić information content (AvgIpc) is 3.33. The van der Waals surface area contributed by atoms with Crippen LogP contribution in [0, 0.1) is 0 Å². The number of hydrogen-bond donors (Lipinski definition) is 10. The van der Waals surface area contributed by atoms with Crippen LogP contribution < -0.4 is 38.9 Å². The van der Waals surface area contributed by atoms with Gasteiger partial charge in [0.15, 0.2) is 5.96 Å². The fourth-order valence-corrected chi connectivity index (χ4v) is 4.16. The Labute approximate surface area is 245 Å². The fourth-order valence-electron chi connectivity index (χ4n) is 4.16. The van der Waals surface area contributed by atoms with Gasteiger partial charge in [0.2, 0.25) is 23.6 Å². The number of nitrogens with two attached hydrogens (primary N) is 4. The summed E-state index contributed by atoms with van der Waals surface area (Å²) in [5.41, 5.74) is 23.7. The van der Waals surface area contributed by atoms with Crippen molar-refractivity contribution in [1.29, 1.82) is 0 Å². The van der Waals surface area contributed by atoms with Crippen molar-refractivity contribution in [2.24, 2.45) is 27.9 Å². The maximum absolute atomic E-state index is 13.3. The summed E-state index contributed by atoms with van der Waals surface area (Å²) in [5.74, 6) is -6.68. The minimum Gasteiger partial charge on any atom is -0.481 e. The first-order chi connectivity index (χ1) is 20.3. The van der Waals surface area contributed by atoms with Crippen molar-refractivity contribution in [3.8, 4) is 0 Å². The van der Waals surface area contributed by atoms with Crippen LogP contribution in [-0.2, 0) is 35.2 Å². The molecule has 2 aromatic rings. The van der Waals surface area contributed by atoms with E-state index in [1.807, 2.05) is 29.6 Å². The number of rotatable bonds is 18. The third-order valence-electron chi connectivity index (χ3n) is 6.34. The van der Waals surface area contributed by atoms with E-state index in [0.717, 1.165) is 16.5 Å². The summed E-state index contributed by atoms with van der Waals surface area (Å²) in [6, 6.07) is 1.82. The summed E-state index contributed by atoms with van der Waals surface area (Å²) in [4.78, 5) is 80.0. The first-order valence-corrected chi connectivity index (χ1v) is 13.3. The van der Waals surface area contributed by atoms with Crippen LogP contribution in [0.15, 0.2) is 35.5 Å². The van der Waals surface area contributed by atoms with Crippen molar-refractivity contribution in [2.45, 2.75) is 62.7 Å². The maximum atomic E-state index is 13.3. The second-order valence-electron chi connectivity index (χ2n) is 9.74. The van der Waals surface area contributed by atoms with Crippen LogP contribution in [0.1, 0.15) is 37.7 Å². The van der Waals surface area contributed by atoms with Gasteiger partial charge in [-0.25, -0.2) is 4.79 Å². The number of aromatic amines is 1. The molecule has 0 radical (unpaired) electrons. The topological polar surface area (TPSA) is 311 Å². The van der Waals surface area contributed by atoms with E-state index >= 15 is 0 Å². The van der Waals surface area contributed by atoms with Crippen molar-refractivity contribution >= 4 is 52.4 Å². The summed E-state index contributed by atoms with van der Waals surface area (Å²) in [6.45, 7) is 0.116. The SMILES string of the molecule is NC(=O)CCC(NC(=O)C(CCCN=C(N)N)NC(=O)C(N)Cc1c[nH]c2ccccc12)C(=O)NC(CC(=O)O)C(=O)O. The third kappa shape index (κ3) is 11.3. The normalized spacial score (nSPS) is 13.6. The number of carbonyl (C=O) groups excluding carboxylic acids is 4. The molecular weight excluding hydrogens is 566 g/mol. The molecular formula is C26H37N9O8. The highest BCUT2D eigenvalue weighted by molar-refractivity contribution is 5.95. The lowest BCUT2D eigenvalue weighted by Gasteiger charge is -2.25. The number of hydrogen-bond acceptors (Lipinski definition) is 8. The van der Waals surface area contributed by atoms with Crippen molar-refractivity contribution in [3.05, 3.63) is 36.0 Å². The number of guanidine groups is 1. The number of aliphatic imine (C=N–C) groups is 1. The van der Waals surface area contributed by atoms with Crippen LogP contribution >= 0.6 is 0 Å². The van der Waals surface area contributed by atoms with Gasteiger partial charge >= 0.3 is 11.9 Å². The number of nitrogens with zero attached hydrogens (tertiary/aromatic N) is 1. The van der Waals surface area contributed by atoms with E-state index in [9.17, 15) is 33.9 Å². The molecule has 0 aliphatic carbocycles. The molecule has 4 unspecified atom stereocenters. The Morgan fingerprint density at radius 3 is 2.07 bits per heavy atom. The van der Waals surface area contributed by atoms with E-state index in [2.05, 4.69) is 20.6 Å². The minimum absolute atomic E-state index is 0.00901. The van der Waals surface area contributed by atoms with Gasteiger partial charge in [-0.3, -0.25) is 29.0 Å². The molecule has 0 bridgehead atoms. The van der Waals surface area contributed by atoms with Gasteiger partial charge < -0.3 is 54.1 Å². The summed E-state index contributed by atoms with van der Waals surface area (Å²) in [6.07, 6.45) is 0.471. The van der Waals surface area contributed by atoms with Crippen molar-refractivity contribution < 1.29 is 39.0 Å². The van der Waals surface area contributed by atoms with E-state index < -0.39 is 66.2 Å². The summed E-state index contributed by atoms with van der Waals surface area (Å²) in [7, 11) is 0. The van der Waals surface area contributed by atoms with E-state index in [-0.39, 0.29) is 44.6 Å². The Hall–Kier alpha value is -5.19. The van der Waals surface area contributed by atoms with Crippen LogP contribution in [-0.4, -0.2) is 87.4 Å². The van der Waals surface area contributed by atoms with E-state index in [0.29, 0.717) is 0 Å². The van der Waals surface area contributed by atoms with Crippen molar-refractivity contribution in [3.63, 3.8) is 0 Å². The zero-order valence-corrected chi connectivity index (χ0v) is 23.2. The standard InChI is InChI=1S/C26H37N9O8/c27-15(10-13-12-32-16-5-2-1-4-14(13)16)22(39)33-17(6-3-9-31-26(29)30)23(40)34-18(7-8-20(28)36)24(41)35-19(25(42)43)11-21(37)38/h1-2,4-5,12,15,17-19,32H,3,6-11,27H2,(H2,28,36)(H,33,39)(H,34,40)(H,35,41)(H,37,38)(H,42,43)(H4,29,30,31). The van der Waals surface area contributed by atoms with Gasteiger partial charge in [0.25, 0.3) is 0 Å². The highest BCUT2D eigenvalue weighted by Crippen LogP contribution is 2.19. The minimum atomic E-state index is -1.81. The first kappa shape index (κ1) is 34.0. The predicted octanol–water partition coefficient (Wildman–Crippen LogP) is -2.63. The number of amides is 4. The molecule has 17 nitrogen and oxygen atoms in total. The molecule has 0 spiro atoms. The molecule has 1 aromatic heterocycles. The quantitative estimate of drug-likeness (QED) is 0.0477. The number of benzene rings is 1. The zero-order chi connectivity index (χ0) is 32.1. The summed E-state index contributed by atoms with van der Waals surface area (Å²) >= 11 is 0. The van der Waals surface area contributed by atoms with Crippen LogP contribution in [0.5, 0.6) is 0 Å². The zero-order valence-electron chi connectivity index (χ0n) is 23.2. The fraction of sp³-hybridized carbons (Fsp3) is 0.423. The van der Waals surface area contributed by atoms with Gasteiger partial charge in [0.05, 0.1) is 12.5 Å². The number of nitrogens with one attached hydrogen (secondary N) is 4. The Balaban J connectivity index is 2.20. The molecule has 234 valence electrons. The van der Waals surface area contributed by atoms with Gasteiger partial charge in [-0.1, -0.05) is 18.2 Å². The number of carbonyl (C=O) groups is 6. The third-order valence-corrected chi connectivity index (χ3v) is 6.34. The maximum Gasteiger partial charge on any atom is 0.326 e. The van der Waals surface area contributed by atoms with E-state index in [4.69, 9.17) is 28.0 Å². The molecule has 4 atom stereocenters. The lowest BCUT2D eigenvalue weighted by Crippen LogP contribution is -2.57. The lowest BCUT2D eigenvalue weighted by atomic mass is 10.0. The first-order valence-electron chi connectivity index (χ1n) is 13.3. The van der Waals surface area contributed by atoms with Gasteiger partial charge in [0.1, 0.15) is 18.1 Å². The number of carboxylic acids is 2. The Morgan fingerprint density at radius 1 is 0.860 bits per heavy atom. The predicted molar refractivity (Wildman–Crippen MR) is 154 cm³/mol. The Bertz CT molecular complexity index is 1360. The summed E-state index contributed by atoms with van der Waals surface area (Å²) < 4.78 is 0. The number of aliphatic carboxylic acids is 2. The molecule has 0 saturated carbocycles. The highest BCUT2D eigenvalue weighted by Gasteiger charge is 2.31. The molecule has 0 aliphatic rings. The number of para-hydroxylation sites is 1. The van der Waals surface area contributed by atoms with Crippen LogP contribution in [0.25, 0.3) is 10.9 Å². The largest absolute Gasteiger partial charge is 0.481 e. The molecule has 0 fully saturated rings. The smallest absolute Gasteiger partial charge is 0.326 e. The Kier molecular flexibility index (Phi) is 12.9. The molecule has 14 N–H and O–H groups in total. The second kappa shape index (κ2) is 16.3. The molecule has 4 amide bonds. The van der Waals surface area contributed by atoms with Gasteiger partial charge in [-0.2, -0.15) is 0 Å². The van der Waals surface area contributed by atoms with Crippen LogP contribution in [0.2, 0.25) is 0 Å². The van der Waals surface area contributed by atoms with Gasteiger partial charge in [-0.05, 0) is 37.3 Å². The molecule has 1 aromatic carbocycles. The summed E-state index contributed by atoms with van der Waals surface area (Å²) in [5, 5.41) is 26.1. The lowest BCUT2D eigenvalue weighted by molar-refractivity contribution is -0.147. The van der Waals surface area contributed by atoms with E-state index in [1.54, 1.807) is 6.20 Å². The average molecular weight is 604 g/mol. The van der Waals surface area contributed by atoms with E-state index in [1.165, 1.54) is 0 Å². The van der Waals surface area contributed by atoms with Crippen LogP contribution in [0.4, 0.5) is 0 Å². The van der Waals surface area contributed by atoms with Gasteiger partial charge in [-0.15, -0.1) is 0 Å². The monoisotopic (exact) mass is 603 g/mol. The van der Waals surface area contributed by atoms with Crippen molar-refractivity contribution in [1.82, 2.24) is 20.9 Å². The highest BCUT2D eigenvalue weighted by atomic mass is 16.4. The molecule has 0 aliphatic heterocycles. The molecule has 0 saturated heterocycles. The van der Waals surface area contributed by atoms with Gasteiger partial charge in [0, 0.05) is 30.1 Å². The second-order valence-corrected chi connectivity index (χ2v) is 9.74. The number of fused-ring (bicyclic) bond motifs is 1. The van der Waals surface area contributed by atoms with Crippen LogP contribution in [0.3, 0.4) is 0 Å². The number of H-pyrrole nitrogens is 1. The van der Waals surface area contributed by atoms with Crippen molar-refractivity contribution in [2.75, 3.05) is 6.54 Å². The number of aromatic nitrogens is 1. The number of carboxylic acid groups (broad SMARTS) is 2. The molecule has 17 heteroatoms. The molecule has 2 rings (SSSR count). The molecule has 1 heterocycles.